The summed E-state index contributed by atoms with van der Waals surface area (Å²) < 4.78 is 5.35. The molecule has 0 bridgehead atoms. The predicted octanol–water partition coefficient (Wildman–Crippen LogP) is 3.23. The lowest BCUT2D eigenvalue weighted by molar-refractivity contribution is -0.160. The molecular formula is C20H35NO3. The molecule has 0 spiro atoms. The van der Waals surface area contributed by atoms with Crippen LogP contribution in [0.2, 0.25) is 0 Å². The van der Waals surface area contributed by atoms with E-state index >= 15 is 0 Å². The smallest absolute Gasteiger partial charge is 0.223 e. The second-order valence-corrected chi connectivity index (χ2v) is 9.71. The van der Waals surface area contributed by atoms with Crippen molar-refractivity contribution >= 4 is 5.91 Å². The van der Waals surface area contributed by atoms with Gasteiger partial charge in [-0.25, -0.2) is 0 Å². The molecular weight excluding hydrogens is 302 g/mol. The van der Waals surface area contributed by atoms with E-state index in [1.165, 1.54) is 19.3 Å². The first-order valence-corrected chi connectivity index (χ1v) is 9.72. The Morgan fingerprint density at radius 2 is 1.79 bits per heavy atom. The number of fused-ring (bicyclic) bond motifs is 1. The van der Waals surface area contributed by atoms with Gasteiger partial charge in [0.15, 0.2) is 0 Å². The van der Waals surface area contributed by atoms with Crippen molar-refractivity contribution < 1.29 is 14.6 Å². The number of ether oxygens (including phenoxy) is 1. The number of morpholine rings is 1. The van der Waals surface area contributed by atoms with Gasteiger partial charge in [0.1, 0.15) is 0 Å². The van der Waals surface area contributed by atoms with Gasteiger partial charge in [-0.05, 0) is 55.3 Å². The zero-order valence-electron chi connectivity index (χ0n) is 15.9. The Morgan fingerprint density at radius 1 is 1.12 bits per heavy atom. The lowest BCUT2D eigenvalue weighted by Gasteiger charge is -2.59. The molecule has 3 fully saturated rings. The van der Waals surface area contributed by atoms with Crippen LogP contribution in [0.3, 0.4) is 0 Å². The molecule has 0 radical (unpaired) electrons. The van der Waals surface area contributed by atoms with Crippen LogP contribution in [0.15, 0.2) is 0 Å². The molecule has 1 heterocycles. The van der Waals surface area contributed by atoms with Crippen LogP contribution in [0.4, 0.5) is 0 Å². The fourth-order valence-electron chi connectivity index (χ4n) is 5.81. The van der Waals surface area contributed by atoms with Gasteiger partial charge in [0, 0.05) is 19.5 Å². The average Bonchev–Trinajstić information content (AvgIpc) is 2.50. The number of hydrogen-bond donors (Lipinski definition) is 1. The number of carbonyl (C=O) groups excluding carboxylic acids is 1. The quantitative estimate of drug-likeness (QED) is 0.841. The van der Waals surface area contributed by atoms with Crippen LogP contribution in [0.1, 0.15) is 66.2 Å². The summed E-state index contributed by atoms with van der Waals surface area (Å²) in [6, 6.07) is 0. The summed E-state index contributed by atoms with van der Waals surface area (Å²) in [6.45, 7) is 11.8. The molecule has 1 amide bonds. The molecule has 4 nitrogen and oxygen atoms in total. The van der Waals surface area contributed by atoms with E-state index in [0.717, 1.165) is 12.8 Å². The lowest BCUT2D eigenvalue weighted by atomic mass is 9.47. The summed E-state index contributed by atoms with van der Waals surface area (Å²) in [6.07, 6.45) is 6.05. The van der Waals surface area contributed by atoms with Crippen LogP contribution in [0, 0.1) is 22.7 Å². The van der Waals surface area contributed by atoms with Crippen molar-refractivity contribution in [2.45, 2.75) is 71.8 Å². The number of carbonyl (C=O) groups is 1. The first-order valence-electron chi connectivity index (χ1n) is 9.72. The Hall–Kier alpha value is -0.610. The molecule has 3 rings (SSSR count). The standard InChI is InChI=1S/C20H35NO3/c1-18(2)6-5-7-19(3)13-15(20(4,23)14-16(18)19)12-17(22)21-8-10-24-11-9-21/h15-16,23H,5-14H2,1-4H3/t15-,16-,19-,20-/m0/s1. The van der Waals surface area contributed by atoms with Gasteiger partial charge in [-0.1, -0.05) is 27.2 Å². The minimum atomic E-state index is -0.735. The van der Waals surface area contributed by atoms with E-state index < -0.39 is 5.60 Å². The molecule has 4 atom stereocenters. The molecule has 0 aromatic heterocycles. The first kappa shape index (κ1) is 18.2. The van der Waals surface area contributed by atoms with Crippen molar-refractivity contribution in [3.63, 3.8) is 0 Å². The Balaban J connectivity index is 1.73. The number of nitrogens with zero attached hydrogens (tertiary/aromatic N) is 1. The molecule has 0 aromatic rings. The molecule has 0 unspecified atom stereocenters. The van der Waals surface area contributed by atoms with E-state index in [1.807, 2.05) is 11.8 Å². The van der Waals surface area contributed by atoms with Crippen LogP contribution in [0.25, 0.3) is 0 Å². The highest BCUT2D eigenvalue weighted by molar-refractivity contribution is 5.76. The van der Waals surface area contributed by atoms with Gasteiger partial charge in [0.2, 0.25) is 5.91 Å². The van der Waals surface area contributed by atoms with Crippen LogP contribution in [-0.4, -0.2) is 47.8 Å². The Kier molecular flexibility index (Phi) is 4.76. The molecule has 3 aliphatic rings. The monoisotopic (exact) mass is 337 g/mol. The van der Waals surface area contributed by atoms with Gasteiger partial charge in [-0.3, -0.25) is 4.79 Å². The van der Waals surface area contributed by atoms with Gasteiger partial charge in [-0.2, -0.15) is 0 Å². The number of hydrogen-bond acceptors (Lipinski definition) is 3. The van der Waals surface area contributed by atoms with E-state index in [1.54, 1.807) is 0 Å². The van der Waals surface area contributed by atoms with E-state index in [0.29, 0.717) is 38.6 Å². The topological polar surface area (TPSA) is 49.8 Å². The van der Waals surface area contributed by atoms with Crippen LogP contribution in [-0.2, 0) is 9.53 Å². The molecule has 4 heteroatoms. The molecule has 1 N–H and O–H groups in total. The molecule has 2 saturated carbocycles. The zero-order valence-corrected chi connectivity index (χ0v) is 15.9. The van der Waals surface area contributed by atoms with Crippen molar-refractivity contribution in [1.82, 2.24) is 4.90 Å². The maximum Gasteiger partial charge on any atom is 0.223 e. The fraction of sp³-hybridized carbons (Fsp3) is 0.950. The molecule has 1 aliphatic heterocycles. The maximum absolute atomic E-state index is 12.7. The molecule has 138 valence electrons. The summed E-state index contributed by atoms with van der Waals surface area (Å²) in [4.78, 5) is 14.6. The van der Waals surface area contributed by atoms with Gasteiger partial charge < -0.3 is 14.7 Å². The SMILES string of the molecule is CC1(C)CCC[C@@]2(C)C[C@H](CC(=O)N3CCOCC3)[C@@](C)(O)C[C@@H]12. The third-order valence-electron chi connectivity index (χ3n) is 7.35. The van der Waals surface area contributed by atoms with E-state index in [9.17, 15) is 9.90 Å². The highest BCUT2D eigenvalue weighted by atomic mass is 16.5. The normalized spacial score (nSPS) is 42.5. The minimum absolute atomic E-state index is 0.0722. The molecule has 1 saturated heterocycles. The Bertz CT molecular complexity index is 481. The highest BCUT2D eigenvalue weighted by Crippen LogP contribution is 2.61. The minimum Gasteiger partial charge on any atom is -0.390 e. The third-order valence-corrected chi connectivity index (χ3v) is 7.35. The second-order valence-electron chi connectivity index (χ2n) is 9.71. The van der Waals surface area contributed by atoms with Crippen molar-refractivity contribution in [2.24, 2.45) is 22.7 Å². The van der Waals surface area contributed by atoms with E-state index in [4.69, 9.17) is 4.74 Å². The van der Waals surface area contributed by atoms with Crippen molar-refractivity contribution in [2.75, 3.05) is 26.3 Å². The van der Waals surface area contributed by atoms with Gasteiger partial charge in [0.05, 0.1) is 18.8 Å². The van der Waals surface area contributed by atoms with Gasteiger partial charge in [0.25, 0.3) is 0 Å². The Morgan fingerprint density at radius 3 is 2.46 bits per heavy atom. The molecule has 2 aliphatic carbocycles. The lowest BCUT2D eigenvalue weighted by Crippen LogP contribution is -2.55. The maximum atomic E-state index is 12.7. The number of amides is 1. The summed E-state index contributed by atoms with van der Waals surface area (Å²) in [5.41, 5.74) is -0.184. The van der Waals surface area contributed by atoms with E-state index in [2.05, 4.69) is 20.8 Å². The molecule has 0 aromatic carbocycles. The molecule has 24 heavy (non-hydrogen) atoms. The van der Waals surface area contributed by atoms with Crippen molar-refractivity contribution in [3.05, 3.63) is 0 Å². The number of rotatable bonds is 2. The van der Waals surface area contributed by atoms with Crippen molar-refractivity contribution in [3.8, 4) is 0 Å². The zero-order chi connectivity index (χ0) is 17.6. The van der Waals surface area contributed by atoms with Gasteiger partial charge in [-0.15, -0.1) is 0 Å². The average molecular weight is 338 g/mol. The van der Waals surface area contributed by atoms with E-state index in [-0.39, 0.29) is 22.7 Å². The first-order chi connectivity index (χ1) is 11.1. The predicted molar refractivity (Wildman–Crippen MR) is 94.6 cm³/mol. The summed E-state index contributed by atoms with van der Waals surface area (Å²) in [5.74, 6) is 0.812. The van der Waals surface area contributed by atoms with Gasteiger partial charge >= 0.3 is 0 Å². The highest BCUT2D eigenvalue weighted by Gasteiger charge is 2.55. The van der Waals surface area contributed by atoms with Crippen LogP contribution < -0.4 is 0 Å². The summed E-state index contributed by atoms with van der Waals surface area (Å²) in [7, 11) is 0. The third kappa shape index (κ3) is 3.37. The van der Waals surface area contributed by atoms with Crippen LogP contribution in [0.5, 0.6) is 0 Å². The fourth-order valence-corrected chi connectivity index (χ4v) is 5.81. The second kappa shape index (κ2) is 6.28. The van der Waals surface area contributed by atoms with Crippen molar-refractivity contribution in [1.29, 1.82) is 0 Å². The number of aliphatic hydroxyl groups is 1. The summed E-state index contributed by atoms with van der Waals surface area (Å²) in [5, 5.41) is 11.2. The Labute approximate surface area is 146 Å². The largest absolute Gasteiger partial charge is 0.390 e. The van der Waals surface area contributed by atoms with Crippen LogP contribution >= 0.6 is 0 Å². The summed E-state index contributed by atoms with van der Waals surface area (Å²) >= 11 is 0.